The zero-order chi connectivity index (χ0) is 24.8. The van der Waals surface area contributed by atoms with Crippen LogP contribution in [0.3, 0.4) is 0 Å². The van der Waals surface area contributed by atoms with Gasteiger partial charge in [0.2, 0.25) is 0 Å². The Labute approximate surface area is 189 Å². The molecule has 3 rings (SSSR count). The summed E-state index contributed by atoms with van der Waals surface area (Å²) in [7, 11) is -16.8. The number of hydrogen-bond donors (Lipinski definition) is 6. The van der Waals surface area contributed by atoms with Gasteiger partial charge in [-0.05, 0) is 0 Å². The van der Waals surface area contributed by atoms with Crippen LogP contribution >= 0.6 is 35.7 Å². The van der Waals surface area contributed by atoms with Crippen LogP contribution in [0, 0.1) is 10.5 Å². The van der Waals surface area contributed by atoms with E-state index in [4.69, 9.17) is 31.6 Å². The van der Waals surface area contributed by atoms with Gasteiger partial charge in [-0.2, -0.15) is 8.62 Å². The number of aliphatic hydroxyl groups excluding tert-OH is 2. The van der Waals surface area contributed by atoms with Gasteiger partial charge in [-0.1, -0.05) is 36.5 Å². The van der Waals surface area contributed by atoms with E-state index in [2.05, 4.69) is 13.1 Å². The molecule has 33 heavy (non-hydrogen) atoms. The first-order chi connectivity index (χ1) is 15.1. The van der Waals surface area contributed by atoms with Gasteiger partial charge in [0.25, 0.3) is 0 Å². The lowest BCUT2D eigenvalue weighted by atomic mass is 10.1. The standard InChI is InChI=1S/C14H17FNO13P3S/c15-9-5-16(14(33)8-4-2-1-3-7(8)9)13-12(18)11(17)10(27-13)6-26-31(22,23)29-32(24,25)28-30(19,20)21/h1-5,10-13,17-18H,6H2,(H,22,23)(H,24,25)(H2,19,20,21)/t10-,11?,12?,13-/m1/s1. The summed E-state index contributed by atoms with van der Waals surface area (Å²) in [6.45, 7) is -1.01. The first-order valence-corrected chi connectivity index (χ1v) is 13.6. The minimum atomic E-state index is -5.73. The third-order valence-corrected chi connectivity index (χ3v) is 8.56. The van der Waals surface area contributed by atoms with Gasteiger partial charge < -0.3 is 39.1 Å². The van der Waals surface area contributed by atoms with Crippen molar-refractivity contribution in [1.29, 1.82) is 0 Å². The van der Waals surface area contributed by atoms with Crippen molar-refractivity contribution in [2.45, 2.75) is 24.5 Å². The Morgan fingerprint density at radius 1 is 1.00 bits per heavy atom. The first kappa shape index (κ1) is 26.7. The Hall–Kier alpha value is -0.930. The highest BCUT2D eigenvalue weighted by Crippen LogP contribution is 2.66. The van der Waals surface area contributed by atoms with E-state index in [0.717, 1.165) is 10.8 Å². The molecule has 1 aromatic heterocycles. The summed E-state index contributed by atoms with van der Waals surface area (Å²) in [5.74, 6) is -0.707. The third-order valence-electron chi connectivity index (χ3n) is 4.33. The maximum absolute atomic E-state index is 14.5. The van der Waals surface area contributed by atoms with Crippen molar-refractivity contribution in [2.75, 3.05) is 6.61 Å². The van der Waals surface area contributed by atoms with E-state index in [1.165, 1.54) is 12.1 Å². The number of pyridine rings is 1. The zero-order valence-electron chi connectivity index (χ0n) is 16.0. The van der Waals surface area contributed by atoms with E-state index < -0.39 is 60.4 Å². The molecule has 0 aliphatic carbocycles. The summed E-state index contributed by atoms with van der Waals surface area (Å²) in [5, 5.41) is 21.1. The van der Waals surface area contributed by atoms with Gasteiger partial charge in [-0.15, -0.1) is 0 Å². The number of phosphoric acid groups is 3. The van der Waals surface area contributed by atoms with E-state index in [0.29, 0.717) is 5.39 Å². The first-order valence-electron chi connectivity index (χ1n) is 8.69. The van der Waals surface area contributed by atoms with E-state index in [-0.39, 0.29) is 10.0 Å². The molecule has 19 heteroatoms. The quantitative estimate of drug-likeness (QED) is 0.203. The molecule has 0 saturated carbocycles. The minimum absolute atomic E-state index is 0.0526. The lowest BCUT2D eigenvalue weighted by Crippen LogP contribution is -2.33. The largest absolute Gasteiger partial charge is 0.490 e. The molecule has 6 atom stereocenters. The average Bonchev–Trinajstić information content (AvgIpc) is 2.95. The van der Waals surface area contributed by atoms with Gasteiger partial charge in [0.05, 0.1) is 6.61 Å². The SMILES string of the molecule is O=P(O)(O)OP(=O)(O)OP(=O)(O)OC[C@H]1O[C@@H](n2cc(F)c3ccccc3c2=S)C(O)C1O. The van der Waals surface area contributed by atoms with Crippen molar-refractivity contribution in [3.05, 3.63) is 40.9 Å². The van der Waals surface area contributed by atoms with Crippen LogP contribution in [-0.4, -0.2) is 59.3 Å². The van der Waals surface area contributed by atoms with Crippen molar-refractivity contribution in [1.82, 2.24) is 4.57 Å². The molecule has 6 N–H and O–H groups in total. The van der Waals surface area contributed by atoms with Crippen LogP contribution in [0.1, 0.15) is 6.23 Å². The number of aromatic nitrogens is 1. The summed E-state index contributed by atoms with van der Waals surface area (Å²) in [4.78, 5) is 35.7. The third kappa shape index (κ3) is 6.40. The fraction of sp³-hybridized carbons (Fsp3) is 0.357. The van der Waals surface area contributed by atoms with Crippen LogP contribution in [0.15, 0.2) is 30.5 Å². The Morgan fingerprint density at radius 3 is 2.21 bits per heavy atom. The van der Waals surface area contributed by atoms with Crippen LogP contribution in [0.4, 0.5) is 4.39 Å². The maximum Gasteiger partial charge on any atom is 0.490 e. The van der Waals surface area contributed by atoms with Crippen LogP contribution in [0.25, 0.3) is 10.8 Å². The molecule has 0 spiro atoms. The molecule has 0 amide bonds. The monoisotopic (exact) mass is 551 g/mol. The predicted octanol–water partition coefficient (Wildman–Crippen LogP) is 1.47. The number of ether oxygens (including phenoxy) is 1. The fourth-order valence-corrected chi connectivity index (χ4v) is 6.39. The van der Waals surface area contributed by atoms with Crippen molar-refractivity contribution in [3.63, 3.8) is 0 Å². The van der Waals surface area contributed by atoms with Gasteiger partial charge >= 0.3 is 23.5 Å². The molecule has 2 aromatic rings. The summed E-state index contributed by atoms with van der Waals surface area (Å²) >= 11 is 5.30. The summed E-state index contributed by atoms with van der Waals surface area (Å²) in [6, 6.07) is 6.21. The molecule has 1 aromatic carbocycles. The van der Waals surface area contributed by atoms with Gasteiger partial charge in [-0.25, -0.2) is 18.1 Å². The molecule has 1 aliphatic rings. The topological polar surface area (TPSA) is 214 Å². The number of fused-ring (bicyclic) bond motifs is 1. The van der Waals surface area contributed by atoms with E-state index in [1.807, 2.05) is 0 Å². The molecule has 2 heterocycles. The molecule has 0 bridgehead atoms. The average molecular weight is 551 g/mol. The number of halogens is 1. The van der Waals surface area contributed by atoms with Gasteiger partial charge in [-0.3, -0.25) is 4.52 Å². The highest BCUT2D eigenvalue weighted by atomic mass is 32.1. The van der Waals surface area contributed by atoms with Crippen molar-refractivity contribution in [3.8, 4) is 0 Å². The molecule has 4 unspecified atom stereocenters. The van der Waals surface area contributed by atoms with Crippen LogP contribution in [0.2, 0.25) is 0 Å². The molecule has 0 radical (unpaired) electrons. The lowest BCUT2D eigenvalue weighted by Gasteiger charge is -2.20. The van der Waals surface area contributed by atoms with Crippen LogP contribution in [-0.2, 0) is 31.6 Å². The van der Waals surface area contributed by atoms with Crippen molar-refractivity contribution in [2.24, 2.45) is 0 Å². The number of aliphatic hydroxyl groups is 2. The van der Waals surface area contributed by atoms with E-state index in [1.54, 1.807) is 12.1 Å². The molecule has 14 nitrogen and oxygen atoms in total. The highest BCUT2D eigenvalue weighted by Gasteiger charge is 2.46. The summed E-state index contributed by atoms with van der Waals surface area (Å²) in [5.41, 5.74) is 0. The maximum atomic E-state index is 14.5. The Balaban J connectivity index is 1.75. The normalized spacial score (nSPS) is 27.4. The number of phosphoric ester groups is 1. The fourth-order valence-electron chi connectivity index (χ4n) is 3.02. The predicted molar refractivity (Wildman–Crippen MR) is 108 cm³/mol. The number of benzene rings is 1. The molecule has 1 saturated heterocycles. The van der Waals surface area contributed by atoms with Gasteiger partial charge in [0, 0.05) is 17.0 Å². The Morgan fingerprint density at radius 2 is 1.61 bits per heavy atom. The number of hydrogen-bond acceptors (Lipinski definition) is 10. The van der Waals surface area contributed by atoms with Gasteiger partial charge in [0.1, 0.15) is 28.8 Å². The number of rotatable bonds is 8. The summed E-state index contributed by atoms with van der Waals surface area (Å²) in [6.07, 6.45) is -5.49. The van der Waals surface area contributed by atoms with Crippen molar-refractivity contribution >= 4 is 46.5 Å². The molecule has 184 valence electrons. The van der Waals surface area contributed by atoms with E-state index >= 15 is 0 Å². The van der Waals surface area contributed by atoms with Crippen LogP contribution in [0.5, 0.6) is 0 Å². The molecule has 1 fully saturated rings. The summed E-state index contributed by atoms with van der Waals surface area (Å²) < 4.78 is 66.3. The van der Waals surface area contributed by atoms with Crippen LogP contribution < -0.4 is 0 Å². The molecular formula is C14H17FNO13P3S. The lowest BCUT2D eigenvalue weighted by molar-refractivity contribution is -0.0529. The Kier molecular flexibility index (Phi) is 7.77. The second-order valence-electron chi connectivity index (χ2n) is 6.67. The molecular weight excluding hydrogens is 534 g/mol. The minimum Gasteiger partial charge on any atom is -0.387 e. The number of nitrogens with zero attached hydrogens (tertiary/aromatic N) is 1. The molecule has 1 aliphatic heterocycles. The van der Waals surface area contributed by atoms with Crippen molar-refractivity contribution < 1.29 is 65.8 Å². The second kappa shape index (κ2) is 9.61. The Bertz CT molecular complexity index is 1250. The van der Waals surface area contributed by atoms with E-state index in [9.17, 15) is 33.2 Å². The van der Waals surface area contributed by atoms with Gasteiger partial charge in [0.15, 0.2) is 6.23 Å². The smallest absolute Gasteiger partial charge is 0.387 e. The second-order valence-corrected chi connectivity index (χ2v) is 11.5. The zero-order valence-corrected chi connectivity index (χ0v) is 19.5. The highest BCUT2D eigenvalue weighted by molar-refractivity contribution is 7.71.